The van der Waals surface area contributed by atoms with E-state index in [1.54, 1.807) is 14.2 Å². The third kappa shape index (κ3) is 4.02. The summed E-state index contributed by atoms with van der Waals surface area (Å²) >= 11 is 1.50. The number of nitrogens with zero attached hydrogens (tertiary/aromatic N) is 5. The largest absolute Gasteiger partial charge is 0.497 e. The maximum Gasteiger partial charge on any atom is 0.247 e. The van der Waals surface area contributed by atoms with E-state index in [-0.39, 0.29) is 0 Å². The number of hydrogen-bond donors (Lipinski definition) is 0. The smallest absolute Gasteiger partial charge is 0.247 e. The molecule has 0 atom stereocenters. The second-order valence-corrected chi connectivity index (χ2v) is 7.21. The van der Waals surface area contributed by atoms with Crippen molar-refractivity contribution in [3.63, 3.8) is 0 Å². The third-order valence-electron chi connectivity index (χ3n) is 4.51. The molecule has 2 aromatic carbocycles. The van der Waals surface area contributed by atoms with Gasteiger partial charge in [-0.25, -0.2) is 0 Å². The van der Waals surface area contributed by atoms with Crippen molar-refractivity contribution >= 4 is 11.8 Å². The number of rotatable bonds is 8. The summed E-state index contributed by atoms with van der Waals surface area (Å²) in [7, 11) is 3.28. The number of thioether (sulfide) groups is 1. The minimum Gasteiger partial charge on any atom is -0.497 e. The summed E-state index contributed by atoms with van der Waals surface area (Å²) in [6.45, 7) is 2.78. The Morgan fingerprint density at radius 3 is 2.47 bits per heavy atom. The fraction of sp³-hybridized carbons (Fsp3) is 0.238. The molecule has 0 bridgehead atoms. The fourth-order valence-corrected chi connectivity index (χ4v) is 3.84. The minimum atomic E-state index is 0.472. The molecule has 0 saturated heterocycles. The van der Waals surface area contributed by atoms with E-state index < -0.39 is 0 Å². The maximum absolute atomic E-state index is 5.81. The Morgan fingerprint density at radius 1 is 0.933 bits per heavy atom. The molecule has 4 aromatic rings. The first-order chi connectivity index (χ1) is 14.7. The standard InChI is InChI=1S/C21H21N5O3S/c1-4-26-19(16-7-5-6-8-17(16)28-3)23-25-21(26)30-13-18-22-24-20(29-18)14-9-11-15(27-2)12-10-14/h5-12H,4,13H2,1-3H3. The molecule has 2 aromatic heterocycles. The second-order valence-electron chi connectivity index (χ2n) is 6.27. The Kier molecular flexibility index (Phi) is 5.99. The third-order valence-corrected chi connectivity index (χ3v) is 5.46. The minimum absolute atomic E-state index is 0.472. The van der Waals surface area contributed by atoms with Gasteiger partial charge in [0.1, 0.15) is 11.5 Å². The highest BCUT2D eigenvalue weighted by Crippen LogP contribution is 2.32. The van der Waals surface area contributed by atoms with E-state index in [2.05, 4.69) is 27.3 Å². The molecule has 30 heavy (non-hydrogen) atoms. The number of methoxy groups -OCH3 is 2. The Labute approximate surface area is 178 Å². The van der Waals surface area contributed by atoms with Gasteiger partial charge in [-0.3, -0.25) is 0 Å². The predicted octanol–water partition coefficient (Wildman–Crippen LogP) is 4.32. The Bertz CT molecular complexity index is 1120. The van der Waals surface area contributed by atoms with Crippen LogP contribution in [0.15, 0.2) is 58.1 Å². The average Bonchev–Trinajstić information content (AvgIpc) is 3.44. The van der Waals surface area contributed by atoms with Gasteiger partial charge in [-0.2, -0.15) is 0 Å². The van der Waals surface area contributed by atoms with E-state index in [4.69, 9.17) is 13.9 Å². The van der Waals surface area contributed by atoms with Crippen LogP contribution in [0.1, 0.15) is 12.8 Å². The molecule has 0 saturated carbocycles. The van der Waals surface area contributed by atoms with Crippen molar-refractivity contribution in [1.29, 1.82) is 0 Å². The lowest BCUT2D eigenvalue weighted by Gasteiger charge is -2.09. The fourth-order valence-electron chi connectivity index (χ4n) is 3.00. The van der Waals surface area contributed by atoms with Crippen LogP contribution in [0.5, 0.6) is 11.5 Å². The number of ether oxygens (including phenoxy) is 2. The van der Waals surface area contributed by atoms with Crippen molar-refractivity contribution in [3.8, 4) is 34.3 Å². The van der Waals surface area contributed by atoms with Crippen LogP contribution in [0.3, 0.4) is 0 Å². The average molecular weight is 423 g/mol. The topological polar surface area (TPSA) is 88.1 Å². The SMILES string of the molecule is CCn1c(SCc2nnc(-c3ccc(OC)cc3)o2)nnc1-c1ccccc1OC. The lowest BCUT2D eigenvalue weighted by atomic mass is 10.2. The number of aromatic nitrogens is 5. The molecular formula is C21H21N5O3S. The van der Waals surface area contributed by atoms with Gasteiger partial charge in [0.2, 0.25) is 11.8 Å². The molecule has 0 amide bonds. The summed E-state index contributed by atoms with van der Waals surface area (Å²) < 4.78 is 18.5. The monoisotopic (exact) mass is 423 g/mol. The van der Waals surface area contributed by atoms with Gasteiger partial charge in [0, 0.05) is 12.1 Å². The molecular weight excluding hydrogens is 402 g/mol. The maximum atomic E-state index is 5.81. The van der Waals surface area contributed by atoms with Crippen molar-refractivity contribution < 1.29 is 13.9 Å². The molecule has 0 unspecified atom stereocenters. The summed E-state index contributed by atoms with van der Waals surface area (Å²) in [4.78, 5) is 0. The molecule has 4 rings (SSSR count). The summed E-state index contributed by atoms with van der Waals surface area (Å²) in [6, 6.07) is 15.3. The molecule has 0 aliphatic heterocycles. The molecule has 0 fully saturated rings. The zero-order valence-electron chi connectivity index (χ0n) is 16.9. The van der Waals surface area contributed by atoms with E-state index in [1.807, 2.05) is 53.1 Å². The number of hydrogen-bond acceptors (Lipinski definition) is 8. The summed E-state index contributed by atoms with van der Waals surface area (Å²) in [5.41, 5.74) is 1.75. The van der Waals surface area contributed by atoms with Gasteiger partial charge in [-0.05, 0) is 43.3 Å². The first-order valence-electron chi connectivity index (χ1n) is 9.39. The Balaban J connectivity index is 1.51. The summed E-state index contributed by atoms with van der Waals surface area (Å²) in [5.74, 6) is 3.79. The number of benzene rings is 2. The van der Waals surface area contributed by atoms with Crippen LogP contribution in [0.2, 0.25) is 0 Å². The van der Waals surface area contributed by atoms with Crippen LogP contribution in [-0.2, 0) is 12.3 Å². The van der Waals surface area contributed by atoms with Gasteiger partial charge < -0.3 is 18.5 Å². The van der Waals surface area contributed by atoms with Crippen LogP contribution >= 0.6 is 11.8 Å². The summed E-state index contributed by atoms with van der Waals surface area (Å²) in [6.07, 6.45) is 0. The molecule has 0 spiro atoms. The van der Waals surface area contributed by atoms with E-state index in [1.165, 1.54) is 11.8 Å². The lowest BCUT2D eigenvalue weighted by molar-refractivity contribution is 0.415. The van der Waals surface area contributed by atoms with Gasteiger partial charge in [-0.15, -0.1) is 20.4 Å². The summed E-state index contributed by atoms with van der Waals surface area (Å²) in [5, 5.41) is 17.8. The normalized spacial score (nSPS) is 10.9. The molecule has 8 nitrogen and oxygen atoms in total. The van der Waals surface area contributed by atoms with E-state index in [9.17, 15) is 0 Å². The van der Waals surface area contributed by atoms with Gasteiger partial charge in [0.05, 0.1) is 25.5 Å². The first-order valence-corrected chi connectivity index (χ1v) is 10.4. The first kappa shape index (κ1) is 20.0. The molecule has 0 aliphatic carbocycles. The van der Waals surface area contributed by atoms with Crippen molar-refractivity contribution in [1.82, 2.24) is 25.0 Å². The number of para-hydroxylation sites is 1. The molecule has 0 radical (unpaired) electrons. The van der Waals surface area contributed by atoms with Crippen LogP contribution in [0.4, 0.5) is 0 Å². The van der Waals surface area contributed by atoms with Gasteiger partial charge >= 0.3 is 0 Å². The molecule has 9 heteroatoms. The zero-order valence-corrected chi connectivity index (χ0v) is 17.7. The molecule has 0 N–H and O–H groups in total. The zero-order chi connectivity index (χ0) is 20.9. The van der Waals surface area contributed by atoms with Crippen molar-refractivity contribution in [2.24, 2.45) is 0 Å². The molecule has 0 aliphatic rings. The van der Waals surface area contributed by atoms with Gasteiger partial charge in [0.15, 0.2) is 11.0 Å². The van der Waals surface area contributed by atoms with Crippen LogP contribution in [0.25, 0.3) is 22.8 Å². The van der Waals surface area contributed by atoms with Gasteiger partial charge in [0.25, 0.3) is 0 Å². The van der Waals surface area contributed by atoms with Crippen LogP contribution in [0, 0.1) is 0 Å². The van der Waals surface area contributed by atoms with Gasteiger partial charge in [-0.1, -0.05) is 23.9 Å². The van der Waals surface area contributed by atoms with Crippen LogP contribution < -0.4 is 9.47 Å². The van der Waals surface area contributed by atoms with E-state index >= 15 is 0 Å². The lowest BCUT2D eigenvalue weighted by Crippen LogP contribution is -2.01. The van der Waals surface area contributed by atoms with E-state index in [0.29, 0.717) is 17.5 Å². The molecule has 154 valence electrons. The highest BCUT2D eigenvalue weighted by Gasteiger charge is 2.17. The quantitative estimate of drug-likeness (QED) is 0.387. The van der Waals surface area contributed by atoms with Crippen molar-refractivity contribution in [2.75, 3.05) is 14.2 Å². The second kappa shape index (κ2) is 9.00. The van der Waals surface area contributed by atoms with Crippen LogP contribution in [-0.4, -0.2) is 39.2 Å². The van der Waals surface area contributed by atoms with Crippen molar-refractivity contribution in [2.45, 2.75) is 24.4 Å². The van der Waals surface area contributed by atoms with E-state index in [0.717, 1.165) is 40.2 Å². The highest BCUT2D eigenvalue weighted by molar-refractivity contribution is 7.98. The molecule has 2 heterocycles. The Morgan fingerprint density at radius 2 is 1.73 bits per heavy atom. The highest BCUT2D eigenvalue weighted by atomic mass is 32.2. The Hall–Kier alpha value is -3.33. The van der Waals surface area contributed by atoms with Crippen molar-refractivity contribution in [3.05, 3.63) is 54.4 Å². The predicted molar refractivity (Wildman–Crippen MR) is 114 cm³/mol.